The second-order valence-electron chi connectivity index (χ2n) is 0. The Hall–Kier alpha value is 2.58. The average molecular weight is 263 g/mol. The predicted octanol–water partition coefficient (Wildman–Crippen LogP) is -1.19. The molecule has 0 aliphatic carbocycles. The van der Waals surface area contributed by atoms with Crippen LogP contribution in [0.1, 0.15) is 0 Å². The summed E-state index contributed by atoms with van der Waals surface area (Å²) in [6.45, 7) is 0. The minimum absolute atomic E-state index is 0. The van der Waals surface area contributed by atoms with E-state index in [1.165, 1.54) is 0 Å². The van der Waals surface area contributed by atoms with Gasteiger partial charge in [0.25, 0.3) is 0 Å². The fraction of sp³-hybridized carbons (Fsp3) is 0. The summed E-state index contributed by atoms with van der Waals surface area (Å²) in [5.41, 5.74) is 0. The Kier molecular flexibility index (Phi) is 303. The molecule has 0 saturated heterocycles. The van der Waals surface area contributed by atoms with Gasteiger partial charge in [0.05, 0.1) is 0 Å². The Morgan fingerprint density at radius 2 is 1.00 bits per heavy atom. The molecule has 0 fully saturated rings. The molecule has 2 radical (unpaired) electrons. The van der Waals surface area contributed by atoms with E-state index in [0.717, 1.165) is 0 Å². The fourth-order valence-corrected chi connectivity index (χ4v) is 0. The van der Waals surface area contributed by atoms with Crippen LogP contribution in [0.5, 0.6) is 0 Å². The summed E-state index contributed by atoms with van der Waals surface area (Å²) in [6.07, 6.45) is 0. The molecule has 0 aliphatic heterocycles. The van der Waals surface area contributed by atoms with Crippen LogP contribution in [-0.2, 0) is 67.7 Å². The smallest absolute Gasteiger partial charge is 0 e. The maximum atomic E-state index is 0. The molecule has 0 aromatic heterocycles. The topological polar surface area (TPSA) is 0 Å². The van der Waals surface area contributed by atoms with Crippen molar-refractivity contribution in [2.24, 2.45) is 0 Å². The van der Waals surface area contributed by atoms with E-state index in [-0.39, 0.29) is 85.1 Å². The molecule has 0 heterocycles. The normalized spacial score (nSPS) is 0. The Bertz CT molecular complexity index is 11.6. The molecule has 0 unspecified atom stereocenters. The van der Waals surface area contributed by atoms with Crippen molar-refractivity contribution >= 4 is 17.4 Å². The van der Waals surface area contributed by atoms with Crippen LogP contribution in [0.2, 0.25) is 0 Å². The Balaban J connectivity index is 0. The molecular formula is H3AlCuFeMnNi. The maximum absolute atomic E-state index is 0. The molecule has 42 valence electrons. The van der Waals surface area contributed by atoms with Crippen LogP contribution in [0.25, 0.3) is 0 Å². The first-order chi connectivity index (χ1) is 0. The van der Waals surface area contributed by atoms with Gasteiger partial charge in [0, 0.05) is 67.7 Å². The van der Waals surface area contributed by atoms with Crippen LogP contribution < -0.4 is 0 Å². The van der Waals surface area contributed by atoms with E-state index in [2.05, 4.69) is 0 Å². The number of hydrogen-bond donors (Lipinski definition) is 0. The van der Waals surface area contributed by atoms with Gasteiger partial charge in [0.15, 0.2) is 17.4 Å². The van der Waals surface area contributed by atoms with Gasteiger partial charge in [-0.05, 0) is 0 Å². The second kappa shape index (κ2) is 30.7. The molecular weight excluding hydrogens is 260 g/mol. The zero-order valence-corrected chi connectivity index (χ0v) is 5.56. The summed E-state index contributed by atoms with van der Waals surface area (Å²) in [6, 6.07) is 0. The zero-order chi connectivity index (χ0) is 0. The van der Waals surface area contributed by atoms with Crippen LogP contribution in [0.15, 0.2) is 0 Å². The van der Waals surface area contributed by atoms with Gasteiger partial charge in [-0.1, -0.05) is 0 Å². The van der Waals surface area contributed by atoms with Crippen molar-refractivity contribution in [2.75, 3.05) is 0 Å². The summed E-state index contributed by atoms with van der Waals surface area (Å²) in [4.78, 5) is 0. The third kappa shape index (κ3) is 20.7. The molecule has 0 amide bonds. The first-order valence-electron chi connectivity index (χ1n) is 0. The predicted molar refractivity (Wildman–Crippen MR) is 9.94 cm³/mol. The monoisotopic (exact) mass is 262 g/mol. The van der Waals surface area contributed by atoms with Crippen LogP contribution in [0.3, 0.4) is 0 Å². The quantitative estimate of drug-likeness (QED) is 0.482. The molecule has 0 bridgehead atoms. The molecule has 0 atom stereocenters. The van der Waals surface area contributed by atoms with Crippen molar-refractivity contribution in [3.8, 4) is 0 Å². The van der Waals surface area contributed by atoms with E-state index in [0.29, 0.717) is 0 Å². The minimum atomic E-state index is 0. The van der Waals surface area contributed by atoms with E-state index in [4.69, 9.17) is 0 Å². The molecule has 5 heteroatoms. The van der Waals surface area contributed by atoms with E-state index >= 15 is 0 Å². The van der Waals surface area contributed by atoms with Crippen LogP contribution in [0.4, 0.5) is 0 Å². The van der Waals surface area contributed by atoms with Gasteiger partial charge in [-0.3, -0.25) is 0 Å². The van der Waals surface area contributed by atoms with Gasteiger partial charge in [-0.2, -0.15) is 0 Å². The molecule has 0 aliphatic rings. The van der Waals surface area contributed by atoms with E-state index in [1.807, 2.05) is 0 Å². The number of hydrogen-bond acceptors (Lipinski definition) is 0. The van der Waals surface area contributed by atoms with Gasteiger partial charge in [-0.15, -0.1) is 0 Å². The maximum Gasteiger partial charge on any atom is 0.187 e. The Morgan fingerprint density at radius 1 is 1.00 bits per heavy atom. The van der Waals surface area contributed by atoms with Gasteiger partial charge in [-0.25, -0.2) is 0 Å². The summed E-state index contributed by atoms with van der Waals surface area (Å²) < 4.78 is 0. The second-order valence-corrected chi connectivity index (χ2v) is 0. The molecule has 0 nitrogen and oxygen atoms in total. The van der Waals surface area contributed by atoms with Crippen LogP contribution >= 0.6 is 0 Å². The standard InChI is InChI=1S/Al.Cu.Fe.Mn.Ni.3H. The molecule has 0 saturated carbocycles. The van der Waals surface area contributed by atoms with Crippen molar-refractivity contribution in [2.45, 2.75) is 0 Å². The molecule has 0 aromatic carbocycles. The third-order valence-corrected chi connectivity index (χ3v) is 0. The van der Waals surface area contributed by atoms with Gasteiger partial charge in [0.2, 0.25) is 0 Å². The summed E-state index contributed by atoms with van der Waals surface area (Å²) in [5.74, 6) is 0. The molecule has 5 heavy (non-hydrogen) atoms. The minimum Gasteiger partial charge on any atom is 0 e. The van der Waals surface area contributed by atoms with Crippen molar-refractivity contribution < 1.29 is 67.7 Å². The van der Waals surface area contributed by atoms with Crippen molar-refractivity contribution in [3.05, 3.63) is 0 Å². The van der Waals surface area contributed by atoms with E-state index < -0.39 is 0 Å². The van der Waals surface area contributed by atoms with Crippen molar-refractivity contribution in [3.63, 3.8) is 0 Å². The third-order valence-electron chi connectivity index (χ3n) is 0. The average Bonchev–Trinajstić information content (AvgIpc) is 0. The van der Waals surface area contributed by atoms with Gasteiger partial charge in [0.1, 0.15) is 0 Å². The molecule has 0 rings (SSSR count). The van der Waals surface area contributed by atoms with Crippen LogP contribution in [0, 0.1) is 0 Å². The van der Waals surface area contributed by atoms with E-state index in [1.54, 1.807) is 0 Å². The van der Waals surface area contributed by atoms with Gasteiger partial charge < -0.3 is 0 Å². The first-order valence-corrected chi connectivity index (χ1v) is 0. The van der Waals surface area contributed by atoms with E-state index in [9.17, 15) is 0 Å². The van der Waals surface area contributed by atoms with Crippen molar-refractivity contribution in [1.29, 1.82) is 0 Å². The zero-order valence-electron chi connectivity index (χ0n) is 1.35. The molecule has 0 aromatic rings. The molecule has 0 N–H and O–H groups in total. The first kappa shape index (κ1) is 49.2. The summed E-state index contributed by atoms with van der Waals surface area (Å²) in [5, 5.41) is 0. The summed E-state index contributed by atoms with van der Waals surface area (Å²) >= 11 is 0. The molecule has 0 spiro atoms. The largest absolute Gasteiger partial charge is 0.187 e. The summed E-state index contributed by atoms with van der Waals surface area (Å²) in [7, 11) is 0. The van der Waals surface area contributed by atoms with Gasteiger partial charge >= 0.3 is 0 Å². The number of rotatable bonds is 0. The SMILES string of the molecule is [AlH3].[Cu].[Fe].[Mn].[Ni]. The Labute approximate surface area is 84.1 Å². The van der Waals surface area contributed by atoms with Crippen LogP contribution in [-0.4, -0.2) is 17.4 Å². The van der Waals surface area contributed by atoms with Crippen molar-refractivity contribution in [1.82, 2.24) is 0 Å². The fourth-order valence-electron chi connectivity index (χ4n) is 0. The Morgan fingerprint density at radius 3 is 1.00 bits per heavy atom.